The lowest BCUT2D eigenvalue weighted by atomic mass is 9.78. The molecule has 0 aliphatic heterocycles. The molecule has 0 radical (unpaired) electrons. The number of benzene rings is 1. The summed E-state index contributed by atoms with van der Waals surface area (Å²) in [5.74, 6) is 0.0138. The van der Waals surface area contributed by atoms with Gasteiger partial charge in [-0.15, -0.1) is 11.6 Å². The lowest BCUT2D eigenvalue weighted by Crippen LogP contribution is -2.22. The lowest BCUT2D eigenvalue weighted by molar-refractivity contribution is 0.250. The van der Waals surface area contributed by atoms with Crippen molar-refractivity contribution in [2.24, 2.45) is 11.3 Å². The second-order valence-corrected chi connectivity index (χ2v) is 7.41. The van der Waals surface area contributed by atoms with Gasteiger partial charge in [-0.05, 0) is 52.2 Å². The van der Waals surface area contributed by atoms with Crippen LogP contribution in [-0.4, -0.2) is 0 Å². The van der Waals surface area contributed by atoms with Crippen LogP contribution in [0.15, 0.2) is 16.6 Å². The van der Waals surface area contributed by atoms with Crippen LogP contribution in [0.1, 0.15) is 44.1 Å². The van der Waals surface area contributed by atoms with Crippen molar-refractivity contribution in [3.8, 4) is 0 Å². The minimum absolute atomic E-state index is 0.165. The molecule has 1 saturated carbocycles. The topological polar surface area (TPSA) is 0 Å². The third-order valence-corrected chi connectivity index (χ3v) is 5.77. The first-order chi connectivity index (χ1) is 8.33. The Morgan fingerprint density at radius 1 is 1.44 bits per heavy atom. The molecule has 0 bridgehead atoms. The fourth-order valence-electron chi connectivity index (χ4n) is 2.86. The fourth-order valence-corrected chi connectivity index (χ4v) is 3.98. The minimum Gasteiger partial charge on any atom is -0.207 e. The predicted molar refractivity (Wildman–Crippen MR) is 78.8 cm³/mol. The fraction of sp³-hybridized carbons (Fsp3) is 0.571. The maximum absolute atomic E-state index is 14.0. The molecule has 1 aliphatic carbocycles. The molecule has 0 N–H and O–H groups in total. The van der Waals surface area contributed by atoms with Gasteiger partial charge in [-0.3, -0.25) is 0 Å². The summed E-state index contributed by atoms with van der Waals surface area (Å²) in [6, 6.07) is 3.04. The van der Waals surface area contributed by atoms with Crippen LogP contribution in [0.25, 0.3) is 0 Å². The van der Waals surface area contributed by atoms with Crippen molar-refractivity contribution in [3.63, 3.8) is 0 Å². The Bertz CT molecular complexity index is 459. The van der Waals surface area contributed by atoms with Gasteiger partial charge in [0.25, 0.3) is 0 Å². The highest BCUT2D eigenvalue weighted by Crippen LogP contribution is 2.51. The molecule has 18 heavy (non-hydrogen) atoms. The Balaban J connectivity index is 2.34. The van der Waals surface area contributed by atoms with Crippen molar-refractivity contribution in [3.05, 3.63) is 33.0 Å². The third kappa shape index (κ3) is 2.71. The maximum atomic E-state index is 14.0. The second-order valence-electron chi connectivity index (χ2n) is 5.68. The first-order valence-corrected chi connectivity index (χ1v) is 7.72. The highest BCUT2D eigenvalue weighted by atomic mass is 79.9. The minimum atomic E-state index is -0.312. The molecule has 4 heteroatoms. The third-order valence-electron chi connectivity index (χ3n) is 4.03. The van der Waals surface area contributed by atoms with Crippen LogP contribution >= 0.6 is 39.1 Å². The predicted octanol–water partition coefficient (Wildman–Crippen LogP) is 6.35. The standard InChI is InChI=1S/C14H16BrCl2F/c1-14(2)5-3-4-9(14)13(17)8-6-11(16)10(15)7-12(8)18/h6-7,9,13H,3-5H2,1-2H3. The Hall–Kier alpha value is 0.210. The van der Waals surface area contributed by atoms with Crippen LogP contribution in [0.4, 0.5) is 4.39 Å². The number of rotatable bonds is 2. The molecule has 2 rings (SSSR count). The van der Waals surface area contributed by atoms with E-state index in [0.717, 1.165) is 19.3 Å². The van der Waals surface area contributed by atoms with Crippen LogP contribution in [0.3, 0.4) is 0 Å². The summed E-state index contributed by atoms with van der Waals surface area (Å²) >= 11 is 15.8. The average Bonchev–Trinajstić information content (AvgIpc) is 2.62. The first kappa shape index (κ1) is 14.6. The smallest absolute Gasteiger partial charge is 0.129 e. The Kier molecular flexibility index (Phi) is 4.30. The highest BCUT2D eigenvalue weighted by Gasteiger charge is 2.40. The van der Waals surface area contributed by atoms with E-state index in [0.29, 0.717) is 21.0 Å². The summed E-state index contributed by atoms with van der Waals surface area (Å²) in [6.07, 6.45) is 3.35. The molecule has 0 saturated heterocycles. The van der Waals surface area contributed by atoms with Crippen molar-refractivity contribution >= 4 is 39.1 Å². The maximum Gasteiger partial charge on any atom is 0.129 e. The van der Waals surface area contributed by atoms with E-state index in [9.17, 15) is 4.39 Å². The number of hydrogen-bond acceptors (Lipinski definition) is 0. The van der Waals surface area contributed by atoms with Crippen LogP contribution in [0.5, 0.6) is 0 Å². The van der Waals surface area contributed by atoms with Crippen molar-refractivity contribution in [1.82, 2.24) is 0 Å². The molecule has 100 valence electrons. The monoisotopic (exact) mass is 352 g/mol. The number of alkyl halides is 1. The average molecular weight is 354 g/mol. The van der Waals surface area contributed by atoms with Crippen LogP contribution in [-0.2, 0) is 0 Å². The van der Waals surface area contributed by atoms with Gasteiger partial charge in [-0.1, -0.05) is 31.9 Å². The van der Waals surface area contributed by atoms with Crippen molar-refractivity contribution in [1.29, 1.82) is 0 Å². The van der Waals surface area contributed by atoms with E-state index < -0.39 is 0 Å². The second kappa shape index (κ2) is 5.30. The molecule has 0 spiro atoms. The van der Waals surface area contributed by atoms with E-state index in [1.807, 2.05) is 0 Å². The van der Waals surface area contributed by atoms with E-state index in [1.165, 1.54) is 6.07 Å². The molecule has 1 fully saturated rings. The molecule has 0 nitrogen and oxygen atoms in total. The van der Waals surface area contributed by atoms with Gasteiger partial charge in [0.2, 0.25) is 0 Å². The van der Waals surface area contributed by atoms with Gasteiger partial charge in [0.15, 0.2) is 0 Å². The van der Waals surface area contributed by atoms with E-state index in [2.05, 4.69) is 29.8 Å². The summed E-state index contributed by atoms with van der Waals surface area (Å²) in [5, 5.41) is 0.195. The summed E-state index contributed by atoms with van der Waals surface area (Å²) in [7, 11) is 0. The zero-order chi connectivity index (χ0) is 13.5. The molecule has 2 unspecified atom stereocenters. The molecule has 0 heterocycles. The molecule has 0 amide bonds. The highest BCUT2D eigenvalue weighted by molar-refractivity contribution is 9.10. The quantitative estimate of drug-likeness (QED) is 0.429. The van der Waals surface area contributed by atoms with E-state index >= 15 is 0 Å². The van der Waals surface area contributed by atoms with E-state index in [-0.39, 0.29) is 16.6 Å². The van der Waals surface area contributed by atoms with E-state index in [1.54, 1.807) is 6.07 Å². The Morgan fingerprint density at radius 3 is 2.67 bits per heavy atom. The van der Waals surface area contributed by atoms with Gasteiger partial charge in [-0.2, -0.15) is 0 Å². The van der Waals surface area contributed by atoms with Gasteiger partial charge in [0.05, 0.1) is 10.4 Å². The van der Waals surface area contributed by atoms with Crippen molar-refractivity contribution in [2.75, 3.05) is 0 Å². The Labute approximate surface area is 126 Å². The zero-order valence-corrected chi connectivity index (χ0v) is 13.5. The van der Waals surface area contributed by atoms with Crippen LogP contribution < -0.4 is 0 Å². The summed E-state index contributed by atoms with van der Waals surface area (Å²) < 4.78 is 14.6. The molecular weight excluding hydrogens is 338 g/mol. The van der Waals surface area contributed by atoms with Gasteiger partial charge < -0.3 is 0 Å². The number of halogens is 4. The summed E-state index contributed by atoms with van der Waals surface area (Å²) in [6.45, 7) is 4.41. The molecule has 1 aliphatic rings. The summed E-state index contributed by atoms with van der Waals surface area (Å²) in [5.41, 5.74) is 0.683. The van der Waals surface area contributed by atoms with Gasteiger partial charge >= 0.3 is 0 Å². The zero-order valence-electron chi connectivity index (χ0n) is 10.4. The van der Waals surface area contributed by atoms with Crippen LogP contribution in [0.2, 0.25) is 5.02 Å². The van der Waals surface area contributed by atoms with Gasteiger partial charge in [0.1, 0.15) is 5.82 Å². The van der Waals surface area contributed by atoms with Crippen molar-refractivity contribution in [2.45, 2.75) is 38.5 Å². The molecular formula is C14H16BrCl2F. The van der Waals surface area contributed by atoms with Crippen molar-refractivity contribution < 1.29 is 4.39 Å². The van der Waals surface area contributed by atoms with Crippen LogP contribution in [0, 0.1) is 17.2 Å². The number of hydrogen-bond donors (Lipinski definition) is 0. The van der Waals surface area contributed by atoms with Gasteiger partial charge in [0, 0.05) is 10.0 Å². The normalized spacial score (nSPS) is 24.2. The largest absolute Gasteiger partial charge is 0.207 e. The molecule has 1 aromatic carbocycles. The summed E-state index contributed by atoms with van der Waals surface area (Å²) in [4.78, 5) is 0. The molecule has 1 aromatic rings. The Morgan fingerprint density at radius 2 is 2.11 bits per heavy atom. The van der Waals surface area contributed by atoms with E-state index in [4.69, 9.17) is 23.2 Å². The first-order valence-electron chi connectivity index (χ1n) is 6.11. The lowest BCUT2D eigenvalue weighted by Gasteiger charge is -2.31. The molecule has 2 atom stereocenters. The SMILES string of the molecule is CC1(C)CCCC1C(Cl)c1cc(Cl)c(Br)cc1F. The van der Waals surface area contributed by atoms with Gasteiger partial charge in [-0.25, -0.2) is 4.39 Å². The molecule has 0 aromatic heterocycles.